The van der Waals surface area contributed by atoms with Crippen molar-refractivity contribution in [2.45, 2.75) is 45.7 Å². The molecule has 2 atom stereocenters. The maximum absolute atomic E-state index is 4.40. The lowest BCUT2D eigenvalue weighted by Gasteiger charge is -2.34. The summed E-state index contributed by atoms with van der Waals surface area (Å²) in [6, 6.07) is 16.4. The molecule has 5 heterocycles. The van der Waals surface area contributed by atoms with Gasteiger partial charge in [-0.2, -0.15) is 0 Å². The zero-order valence-electron chi connectivity index (χ0n) is 21.1. The Morgan fingerprint density at radius 3 is 2.54 bits per heavy atom. The largest absolute Gasteiger partial charge is 0.373 e. The number of hydrogen-bond acceptors (Lipinski definition) is 6. The third-order valence-electron chi connectivity index (χ3n) is 7.09. The lowest BCUT2D eigenvalue weighted by molar-refractivity contribution is 0.377. The van der Waals surface area contributed by atoms with Gasteiger partial charge >= 0.3 is 0 Å². The molecule has 0 amide bonds. The lowest BCUT2D eigenvalue weighted by Crippen LogP contribution is -2.43. The van der Waals surface area contributed by atoms with Crippen molar-refractivity contribution in [1.29, 1.82) is 0 Å². The number of benzene rings is 1. The minimum Gasteiger partial charge on any atom is -0.373 e. The lowest BCUT2D eigenvalue weighted by atomic mass is 9.99. The molecule has 2 fully saturated rings. The van der Waals surface area contributed by atoms with E-state index in [0.29, 0.717) is 6.04 Å². The molecular weight excluding hydrogens is 450 g/mol. The summed E-state index contributed by atoms with van der Waals surface area (Å²) >= 11 is 1.90. The van der Waals surface area contributed by atoms with Crippen LogP contribution in [-0.2, 0) is 0 Å². The molecule has 2 saturated heterocycles. The van der Waals surface area contributed by atoms with Crippen molar-refractivity contribution in [3.8, 4) is 0 Å². The van der Waals surface area contributed by atoms with Gasteiger partial charge in [0.05, 0.1) is 28.3 Å². The molecular formula is C29H37N5S. The van der Waals surface area contributed by atoms with Crippen LogP contribution in [0.2, 0.25) is 0 Å². The molecule has 184 valence electrons. The highest BCUT2D eigenvalue weighted by Gasteiger charge is 2.33. The van der Waals surface area contributed by atoms with E-state index in [9.17, 15) is 0 Å². The third kappa shape index (κ3) is 4.95. The highest BCUT2D eigenvalue weighted by molar-refractivity contribution is 7.13. The Morgan fingerprint density at radius 1 is 1.00 bits per heavy atom. The van der Waals surface area contributed by atoms with Gasteiger partial charge in [-0.15, -0.1) is 11.3 Å². The highest BCUT2D eigenvalue weighted by atomic mass is 32.1. The van der Waals surface area contributed by atoms with Crippen LogP contribution in [0.5, 0.6) is 0 Å². The zero-order chi connectivity index (χ0) is 24.2. The van der Waals surface area contributed by atoms with Gasteiger partial charge in [0, 0.05) is 55.7 Å². The number of nitrogens with zero attached hydrogens (tertiary/aromatic N) is 3. The van der Waals surface area contributed by atoms with Gasteiger partial charge in [-0.05, 0) is 61.2 Å². The third-order valence-corrected chi connectivity index (χ3v) is 8.16. The summed E-state index contributed by atoms with van der Waals surface area (Å²) in [7, 11) is 0. The number of aromatic nitrogens is 1. The number of nitrogens with one attached hydrogen (secondary N) is 2. The van der Waals surface area contributed by atoms with Crippen molar-refractivity contribution in [3.05, 3.63) is 81.8 Å². The molecule has 3 aromatic rings. The Labute approximate surface area is 213 Å². The molecule has 1 aromatic carbocycles. The summed E-state index contributed by atoms with van der Waals surface area (Å²) in [5, 5.41) is 7.25. The van der Waals surface area contributed by atoms with E-state index in [1.54, 1.807) is 0 Å². The van der Waals surface area contributed by atoms with Gasteiger partial charge in [0.1, 0.15) is 0 Å². The molecule has 6 heteroatoms. The van der Waals surface area contributed by atoms with Crippen LogP contribution in [0.4, 0.5) is 11.4 Å². The van der Waals surface area contributed by atoms with Crippen LogP contribution in [0, 0.1) is 6.92 Å². The van der Waals surface area contributed by atoms with E-state index in [2.05, 4.69) is 80.9 Å². The van der Waals surface area contributed by atoms with Gasteiger partial charge in [0.15, 0.2) is 0 Å². The number of anilines is 2. The van der Waals surface area contributed by atoms with E-state index in [1.807, 2.05) is 37.6 Å². The van der Waals surface area contributed by atoms with Gasteiger partial charge in [0.2, 0.25) is 0 Å². The second-order valence-corrected chi connectivity index (χ2v) is 10.5. The minimum absolute atomic E-state index is 0.175. The molecule has 5 nitrogen and oxygen atoms in total. The Kier molecular flexibility index (Phi) is 7.40. The number of fused-ring (bicyclic) bond motifs is 1. The number of hydrogen-bond donors (Lipinski definition) is 2. The Bertz CT molecular complexity index is 1130. The van der Waals surface area contributed by atoms with Crippen LogP contribution in [-0.4, -0.2) is 42.6 Å². The topological polar surface area (TPSA) is 43.4 Å². The normalized spacial score (nSPS) is 21.5. The van der Waals surface area contributed by atoms with Crippen molar-refractivity contribution in [1.82, 2.24) is 15.2 Å². The van der Waals surface area contributed by atoms with Crippen molar-refractivity contribution in [3.63, 3.8) is 0 Å². The van der Waals surface area contributed by atoms with Gasteiger partial charge in [0.25, 0.3) is 0 Å². The van der Waals surface area contributed by atoms with Gasteiger partial charge < -0.3 is 20.4 Å². The maximum atomic E-state index is 4.40. The molecule has 6 rings (SSSR count). The molecule has 0 spiro atoms. The van der Waals surface area contributed by atoms with Crippen molar-refractivity contribution < 1.29 is 0 Å². The fraction of sp³-hybridized carbons (Fsp3) is 0.414. The van der Waals surface area contributed by atoms with Gasteiger partial charge in [-0.25, -0.2) is 0 Å². The van der Waals surface area contributed by atoms with Gasteiger partial charge in [-0.1, -0.05) is 32.0 Å². The molecule has 3 aliphatic heterocycles. The number of pyridine rings is 1. The molecule has 2 aromatic heterocycles. The Hall–Kier alpha value is -2.83. The molecule has 3 aliphatic rings. The van der Waals surface area contributed by atoms with Crippen LogP contribution < -0.4 is 15.5 Å². The van der Waals surface area contributed by atoms with Crippen molar-refractivity contribution in [2.24, 2.45) is 0 Å². The molecule has 2 unspecified atom stereocenters. The SMILES string of the molecule is CC.Cc1cc2c(s1)C(N1CCCC1c1cccnc1)=CC(c1ccc(N3CCNCC3)cc1)N2. The molecule has 0 saturated carbocycles. The average Bonchev–Trinajstić information content (AvgIpc) is 3.56. The average molecular weight is 488 g/mol. The summed E-state index contributed by atoms with van der Waals surface area (Å²) in [5.74, 6) is 0. The van der Waals surface area contributed by atoms with E-state index < -0.39 is 0 Å². The van der Waals surface area contributed by atoms with E-state index >= 15 is 0 Å². The first kappa shape index (κ1) is 23.9. The summed E-state index contributed by atoms with van der Waals surface area (Å²) < 4.78 is 0. The van der Waals surface area contributed by atoms with Crippen LogP contribution in [0.15, 0.2) is 60.9 Å². The number of rotatable bonds is 4. The van der Waals surface area contributed by atoms with E-state index in [4.69, 9.17) is 0 Å². The first-order valence-electron chi connectivity index (χ1n) is 13.1. The quantitative estimate of drug-likeness (QED) is 0.457. The number of piperazine rings is 1. The Balaban J connectivity index is 0.00000124. The smallest absolute Gasteiger partial charge is 0.0736 e. The highest BCUT2D eigenvalue weighted by Crippen LogP contribution is 2.46. The summed E-state index contributed by atoms with van der Waals surface area (Å²) in [5.41, 5.74) is 6.61. The molecule has 0 bridgehead atoms. The maximum Gasteiger partial charge on any atom is 0.0736 e. The van der Waals surface area contributed by atoms with Crippen LogP contribution in [0.3, 0.4) is 0 Å². The van der Waals surface area contributed by atoms with Crippen molar-refractivity contribution >= 4 is 28.4 Å². The molecule has 0 aliphatic carbocycles. The van der Waals surface area contributed by atoms with Crippen LogP contribution in [0.1, 0.15) is 59.7 Å². The first-order valence-corrected chi connectivity index (χ1v) is 13.9. The van der Waals surface area contributed by atoms with Crippen LogP contribution >= 0.6 is 11.3 Å². The number of thiophene rings is 1. The number of aryl methyl sites for hydroxylation is 1. The fourth-order valence-electron chi connectivity index (χ4n) is 5.45. The summed E-state index contributed by atoms with van der Waals surface area (Å²) in [6.07, 6.45) is 8.76. The number of likely N-dealkylation sites (tertiary alicyclic amines) is 1. The molecule has 35 heavy (non-hydrogen) atoms. The second kappa shape index (κ2) is 10.8. The summed E-state index contributed by atoms with van der Waals surface area (Å²) in [6.45, 7) is 11.6. The van der Waals surface area contributed by atoms with E-state index in [0.717, 1.165) is 32.7 Å². The van der Waals surface area contributed by atoms with E-state index in [-0.39, 0.29) is 6.04 Å². The van der Waals surface area contributed by atoms with Gasteiger partial charge in [-0.3, -0.25) is 4.98 Å². The fourth-order valence-corrected chi connectivity index (χ4v) is 6.47. The first-order chi connectivity index (χ1) is 17.3. The minimum atomic E-state index is 0.175. The summed E-state index contributed by atoms with van der Waals surface area (Å²) in [4.78, 5) is 12.2. The standard InChI is InChI=1S/C27H31N5S.C2H6/c1-19-16-24-27(33-19)26(32-13-3-5-25(32)21-4-2-10-29-18-21)17-23(30-24)20-6-8-22(9-7-20)31-14-11-28-12-15-31;1-2/h2,4,6-10,16-18,23,25,28,30H,3,5,11-15H2,1H3;1-2H3. The predicted molar refractivity (Wildman–Crippen MR) is 149 cm³/mol. The van der Waals surface area contributed by atoms with Crippen molar-refractivity contribution in [2.75, 3.05) is 42.9 Å². The zero-order valence-corrected chi connectivity index (χ0v) is 21.9. The van der Waals surface area contributed by atoms with Crippen LogP contribution in [0.25, 0.3) is 5.70 Å². The predicted octanol–water partition coefficient (Wildman–Crippen LogP) is 6.23. The molecule has 2 N–H and O–H groups in total. The second-order valence-electron chi connectivity index (χ2n) is 9.24. The molecule has 0 radical (unpaired) electrons. The van der Waals surface area contributed by atoms with E-state index in [1.165, 1.54) is 50.8 Å². The Morgan fingerprint density at radius 2 is 1.80 bits per heavy atom. The monoisotopic (exact) mass is 487 g/mol.